The van der Waals surface area contributed by atoms with Gasteiger partial charge in [-0.25, -0.2) is 0 Å². The Morgan fingerprint density at radius 1 is 1.15 bits per heavy atom. The summed E-state index contributed by atoms with van der Waals surface area (Å²) in [6.07, 6.45) is 8.36. The molecule has 0 bridgehead atoms. The molecule has 7 nitrogen and oxygen atoms in total. The largest absolute Gasteiger partial charge is 0.394 e. The average Bonchev–Trinajstić information content (AvgIpc) is 3.15. The Morgan fingerprint density at radius 2 is 1.91 bits per heavy atom. The molecule has 1 unspecified atom stereocenters. The number of likely N-dealkylation sites (tertiary alicyclic amines) is 1. The second-order valence-corrected chi connectivity index (χ2v) is 11.2. The molecule has 0 radical (unpaired) electrons. The maximum Gasteiger partial charge on any atom is 0.251 e. The van der Waals surface area contributed by atoms with Crippen LogP contribution in [-0.2, 0) is 14.4 Å². The molecule has 4 aliphatic rings. The molecule has 0 aliphatic carbocycles. The van der Waals surface area contributed by atoms with E-state index in [-0.39, 0.29) is 29.6 Å². The zero-order valence-electron chi connectivity index (χ0n) is 19.1. The lowest BCUT2D eigenvalue weighted by atomic mass is 9.78. The molecule has 1 spiro atoms. The van der Waals surface area contributed by atoms with Crippen molar-refractivity contribution >= 4 is 46.8 Å². The van der Waals surface area contributed by atoms with Crippen LogP contribution in [0.1, 0.15) is 13.3 Å². The Morgan fingerprint density at radius 3 is 2.62 bits per heavy atom. The van der Waals surface area contributed by atoms with Gasteiger partial charge in [-0.3, -0.25) is 14.4 Å². The number of likely N-dealkylation sites (N-methyl/N-ethyl adjacent to an activating group) is 1. The minimum atomic E-state index is -0.903. The van der Waals surface area contributed by atoms with E-state index in [2.05, 4.69) is 0 Å². The van der Waals surface area contributed by atoms with E-state index in [1.54, 1.807) is 39.9 Å². The fourth-order valence-electron chi connectivity index (χ4n) is 5.90. The third-order valence-corrected chi connectivity index (χ3v) is 9.58. The molecule has 3 amide bonds. The normalized spacial score (nSPS) is 33.5. The van der Waals surface area contributed by atoms with E-state index in [0.29, 0.717) is 30.2 Å². The molecule has 6 atom stereocenters. The number of fused-ring (bicyclic) bond motifs is 2. The number of benzene rings is 1. The summed E-state index contributed by atoms with van der Waals surface area (Å²) in [7, 11) is 1.75. The molecule has 0 aromatic heterocycles. The molecule has 0 saturated carbocycles. The van der Waals surface area contributed by atoms with Crippen LogP contribution >= 0.6 is 23.4 Å². The fourth-order valence-corrected chi connectivity index (χ4v) is 8.13. The highest BCUT2D eigenvalue weighted by Crippen LogP contribution is 2.61. The van der Waals surface area contributed by atoms with E-state index in [9.17, 15) is 19.5 Å². The van der Waals surface area contributed by atoms with Gasteiger partial charge in [0.15, 0.2) is 0 Å². The number of halogens is 1. The summed E-state index contributed by atoms with van der Waals surface area (Å²) in [5, 5.41) is 10.4. The van der Waals surface area contributed by atoms with Crippen LogP contribution in [0.2, 0.25) is 5.02 Å². The topological polar surface area (TPSA) is 81.2 Å². The van der Waals surface area contributed by atoms with Gasteiger partial charge in [-0.2, -0.15) is 0 Å². The molecule has 9 heteroatoms. The van der Waals surface area contributed by atoms with Gasteiger partial charge in [0.25, 0.3) is 5.91 Å². The molecule has 180 valence electrons. The number of carbonyl (C=O) groups excluding carboxylic acids is 3. The summed E-state index contributed by atoms with van der Waals surface area (Å²) in [5.41, 5.74) is 0.580. The zero-order chi connectivity index (χ0) is 24.2. The lowest BCUT2D eigenvalue weighted by Gasteiger charge is -2.38. The Bertz CT molecular complexity index is 1090. The van der Waals surface area contributed by atoms with Crippen LogP contribution in [0, 0.1) is 11.8 Å². The number of hydrogen-bond acceptors (Lipinski definition) is 5. The van der Waals surface area contributed by atoms with Gasteiger partial charge in [-0.05, 0) is 18.6 Å². The number of nitrogens with zero attached hydrogens (tertiary/aromatic N) is 3. The first kappa shape index (κ1) is 23.5. The van der Waals surface area contributed by atoms with Crippen molar-refractivity contribution in [2.75, 3.05) is 31.6 Å². The first-order valence-corrected chi connectivity index (χ1v) is 12.9. The third kappa shape index (κ3) is 3.26. The van der Waals surface area contributed by atoms with Crippen molar-refractivity contribution in [3.05, 3.63) is 53.6 Å². The smallest absolute Gasteiger partial charge is 0.251 e. The maximum atomic E-state index is 14.3. The number of amides is 3. The molecule has 5 rings (SSSR count). The van der Waals surface area contributed by atoms with Crippen LogP contribution in [0.15, 0.2) is 48.6 Å². The maximum absolute atomic E-state index is 14.3. The van der Waals surface area contributed by atoms with Crippen LogP contribution in [0.5, 0.6) is 0 Å². The van der Waals surface area contributed by atoms with E-state index >= 15 is 0 Å². The predicted octanol–water partition coefficient (Wildman–Crippen LogP) is 2.34. The van der Waals surface area contributed by atoms with Gasteiger partial charge in [-0.15, -0.1) is 11.8 Å². The number of rotatable bonds is 4. The molecule has 4 heterocycles. The third-order valence-electron chi connectivity index (χ3n) is 7.52. The molecule has 1 aromatic carbocycles. The minimum absolute atomic E-state index is 0.0802. The summed E-state index contributed by atoms with van der Waals surface area (Å²) in [5.74, 6) is -1.80. The molecule has 4 aliphatic heterocycles. The van der Waals surface area contributed by atoms with E-state index in [1.165, 1.54) is 11.8 Å². The fraction of sp³-hybridized carbons (Fsp3) is 0.480. The van der Waals surface area contributed by atoms with E-state index in [1.807, 2.05) is 37.3 Å². The van der Waals surface area contributed by atoms with Crippen LogP contribution in [-0.4, -0.2) is 81.5 Å². The molecule has 34 heavy (non-hydrogen) atoms. The van der Waals surface area contributed by atoms with Crippen LogP contribution < -0.4 is 4.90 Å². The number of thioether (sulfide) groups is 1. The van der Waals surface area contributed by atoms with Crippen LogP contribution in [0.3, 0.4) is 0 Å². The van der Waals surface area contributed by atoms with Gasteiger partial charge >= 0.3 is 0 Å². The van der Waals surface area contributed by atoms with Gasteiger partial charge in [0.1, 0.15) is 6.04 Å². The Labute approximate surface area is 208 Å². The van der Waals surface area contributed by atoms with E-state index < -0.39 is 28.7 Å². The van der Waals surface area contributed by atoms with Crippen molar-refractivity contribution in [1.82, 2.24) is 9.80 Å². The van der Waals surface area contributed by atoms with Crippen LogP contribution in [0.4, 0.5) is 5.69 Å². The van der Waals surface area contributed by atoms with Crippen molar-refractivity contribution in [1.29, 1.82) is 0 Å². The number of anilines is 1. The van der Waals surface area contributed by atoms with Gasteiger partial charge in [0.2, 0.25) is 11.8 Å². The second kappa shape index (κ2) is 8.73. The van der Waals surface area contributed by atoms with Crippen molar-refractivity contribution in [2.45, 2.75) is 35.4 Å². The standard InChI is InChI=1S/C25H28ClN3O4S/c1-3-15(14-30)29-21-24(33)28(17-9-5-4-8-16(17)26)13-7-11-25(21)20(23(29)32)19-18(34-25)10-6-12-27(2)22(19)31/h4-11,15,18-21,30H,3,12-14H2,1-2H3/t15-,18+,19-,20-,21?,25-/m0/s1. The highest BCUT2D eigenvalue weighted by Gasteiger charge is 2.71. The van der Waals surface area contributed by atoms with Crippen molar-refractivity contribution in [3.8, 4) is 0 Å². The first-order chi connectivity index (χ1) is 16.4. The number of hydrogen-bond donors (Lipinski definition) is 1. The highest BCUT2D eigenvalue weighted by atomic mass is 35.5. The second-order valence-electron chi connectivity index (χ2n) is 9.28. The molecular weight excluding hydrogens is 474 g/mol. The lowest BCUT2D eigenvalue weighted by Crippen LogP contribution is -2.56. The van der Waals surface area contributed by atoms with Crippen molar-refractivity contribution < 1.29 is 19.5 Å². The van der Waals surface area contributed by atoms with E-state index in [4.69, 9.17) is 11.6 Å². The molecule has 2 saturated heterocycles. The van der Waals surface area contributed by atoms with Gasteiger partial charge in [0.05, 0.1) is 39.9 Å². The SMILES string of the molecule is CC[C@@H](CO)N1C(=O)[C@@H]2[C@H]3C(=O)N(C)CC=C[C@H]3S[C@@]23C=CCN(c2ccccc2Cl)C(=O)C13. The lowest BCUT2D eigenvalue weighted by molar-refractivity contribution is -0.144. The number of aliphatic hydroxyl groups is 1. The molecule has 1 aromatic rings. The van der Waals surface area contributed by atoms with E-state index in [0.717, 1.165) is 0 Å². The Kier molecular flexibility index (Phi) is 6.02. The number of aliphatic hydroxyl groups excluding tert-OH is 1. The first-order valence-electron chi connectivity index (χ1n) is 11.6. The summed E-state index contributed by atoms with van der Waals surface area (Å²) in [6, 6.07) is 5.79. The summed E-state index contributed by atoms with van der Waals surface area (Å²) in [4.78, 5) is 46.6. The highest BCUT2D eigenvalue weighted by molar-refractivity contribution is 8.02. The number of para-hydroxylation sites is 1. The average molecular weight is 502 g/mol. The summed E-state index contributed by atoms with van der Waals surface area (Å²) >= 11 is 7.99. The van der Waals surface area contributed by atoms with Crippen molar-refractivity contribution in [3.63, 3.8) is 0 Å². The van der Waals surface area contributed by atoms with Gasteiger partial charge in [0, 0.05) is 25.4 Å². The quantitative estimate of drug-likeness (QED) is 0.640. The number of carbonyl (C=O) groups is 3. The summed E-state index contributed by atoms with van der Waals surface area (Å²) in [6.45, 7) is 2.44. The zero-order valence-corrected chi connectivity index (χ0v) is 20.7. The van der Waals surface area contributed by atoms with Gasteiger partial charge < -0.3 is 19.8 Å². The minimum Gasteiger partial charge on any atom is -0.394 e. The van der Waals surface area contributed by atoms with Crippen LogP contribution in [0.25, 0.3) is 0 Å². The van der Waals surface area contributed by atoms with Gasteiger partial charge in [-0.1, -0.05) is 55.0 Å². The molecular formula is C25H28ClN3O4S. The predicted molar refractivity (Wildman–Crippen MR) is 133 cm³/mol. The molecule has 2 fully saturated rings. The monoisotopic (exact) mass is 501 g/mol. The van der Waals surface area contributed by atoms with Crippen molar-refractivity contribution in [2.24, 2.45) is 11.8 Å². The molecule has 1 N–H and O–H groups in total. The summed E-state index contributed by atoms with van der Waals surface area (Å²) < 4.78 is -0.903. The Balaban J connectivity index is 1.67. The Hall–Kier alpha value is -2.29.